The highest BCUT2D eigenvalue weighted by Crippen LogP contribution is 2.24. The Morgan fingerprint density at radius 3 is 2.53 bits per heavy atom. The Bertz CT molecular complexity index is 1030. The molecule has 0 spiro atoms. The Kier molecular flexibility index (Phi) is 7.24. The summed E-state index contributed by atoms with van der Waals surface area (Å²) in [7, 11) is 1.77. The van der Waals surface area contributed by atoms with Crippen molar-refractivity contribution in [2.45, 2.75) is 17.1 Å². The summed E-state index contributed by atoms with van der Waals surface area (Å²) in [6.45, 7) is 0.388. The van der Waals surface area contributed by atoms with Crippen LogP contribution in [0.5, 0.6) is 11.5 Å². The van der Waals surface area contributed by atoms with Crippen LogP contribution in [0.4, 0.5) is 4.39 Å². The number of furan rings is 1. The molecule has 0 unspecified atom stereocenters. The number of benzene rings is 2. The third-order valence-corrected chi connectivity index (χ3v) is 5.75. The molecule has 0 saturated heterocycles. The van der Waals surface area contributed by atoms with Gasteiger partial charge in [0.05, 0.1) is 30.8 Å². The van der Waals surface area contributed by atoms with E-state index in [2.05, 4.69) is 5.32 Å². The number of carbonyl (C=O) groups excluding carboxylic acids is 1. The zero-order valence-corrected chi connectivity index (χ0v) is 17.5. The Morgan fingerprint density at radius 1 is 1.07 bits per heavy atom. The zero-order valence-electron chi connectivity index (χ0n) is 16.6. The van der Waals surface area contributed by atoms with Crippen LogP contribution in [-0.4, -0.2) is 30.9 Å². The van der Waals surface area contributed by atoms with Crippen molar-refractivity contribution < 1.29 is 27.3 Å². The number of methoxy groups -OCH3 is 2. The van der Waals surface area contributed by atoms with Gasteiger partial charge in [0.1, 0.15) is 23.1 Å². The van der Waals surface area contributed by atoms with Crippen molar-refractivity contribution in [3.05, 3.63) is 77.5 Å². The molecule has 0 aliphatic heterocycles. The normalized spacial score (nSPS) is 11.7. The van der Waals surface area contributed by atoms with Crippen LogP contribution in [0.15, 0.2) is 63.9 Å². The lowest BCUT2D eigenvalue weighted by atomic mass is 10.1. The maximum absolute atomic E-state index is 13.0. The Labute approximate surface area is 176 Å². The average Bonchev–Trinajstić information content (AvgIpc) is 3.22. The van der Waals surface area contributed by atoms with Gasteiger partial charge >= 0.3 is 0 Å². The smallest absolute Gasteiger partial charge is 0.287 e. The molecule has 2 aromatic carbocycles. The van der Waals surface area contributed by atoms with Gasteiger partial charge < -0.3 is 19.2 Å². The van der Waals surface area contributed by atoms with Gasteiger partial charge in [-0.1, -0.05) is 6.07 Å². The summed E-state index contributed by atoms with van der Waals surface area (Å²) in [5.41, 5.74) is 0.938. The van der Waals surface area contributed by atoms with Gasteiger partial charge in [0.25, 0.3) is 5.91 Å². The first kappa shape index (κ1) is 21.6. The lowest BCUT2D eigenvalue weighted by molar-refractivity contribution is 0.0925. The summed E-state index contributed by atoms with van der Waals surface area (Å²) < 4.78 is 41.4. The molecule has 1 atom stereocenters. The minimum Gasteiger partial charge on any atom is -0.497 e. The molecule has 3 aromatic rings. The standard InChI is InChI=1S/C22H22FNO5S/c1-27-17-6-3-15(21(13-17)28-2)11-12-24-22(25)20-10-7-18(29-20)14-30(26)19-8-4-16(23)5-9-19/h3-10,13H,11-12,14H2,1-2H3,(H,24,25)/t30-/m0/s1. The molecule has 0 bridgehead atoms. The monoisotopic (exact) mass is 431 g/mol. The number of halogens is 1. The van der Waals surface area contributed by atoms with E-state index in [0.717, 1.165) is 5.56 Å². The molecule has 30 heavy (non-hydrogen) atoms. The van der Waals surface area contributed by atoms with Crippen LogP contribution in [0.25, 0.3) is 0 Å². The lowest BCUT2D eigenvalue weighted by Crippen LogP contribution is -2.25. The topological polar surface area (TPSA) is 77.8 Å². The summed E-state index contributed by atoms with van der Waals surface area (Å²) in [6.07, 6.45) is 0.570. The van der Waals surface area contributed by atoms with Crippen LogP contribution in [0.1, 0.15) is 21.9 Å². The second kappa shape index (κ2) is 10.1. The van der Waals surface area contributed by atoms with Gasteiger partial charge in [-0.05, 0) is 54.4 Å². The number of carbonyl (C=O) groups is 1. The molecule has 1 aromatic heterocycles. The number of ether oxygens (including phenoxy) is 2. The molecule has 0 fully saturated rings. The van der Waals surface area contributed by atoms with Gasteiger partial charge in [-0.2, -0.15) is 0 Å². The summed E-state index contributed by atoms with van der Waals surface area (Å²) in [6, 6.07) is 14.1. The van der Waals surface area contributed by atoms with Crippen LogP contribution >= 0.6 is 0 Å². The molecular formula is C22H22FNO5S. The fourth-order valence-electron chi connectivity index (χ4n) is 2.83. The van der Waals surface area contributed by atoms with E-state index < -0.39 is 10.8 Å². The first-order valence-corrected chi connectivity index (χ1v) is 10.5. The molecule has 0 radical (unpaired) electrons. The predicted octanol–water partition coefficient (Wildman–Crippen LogP) is 3.72. The van der Waals surface area contributed by atoms with Crippen molar-refractivity contribution in [3.8, 4) is 11.5 Å². The van der Waals surface area contributed by atoms with Crippen molar-refractivity contribution >= 4 is 16.7 Å². The minimum absolute atomic E-state index is 0.0992. The van der Waals surface area contributed by atoms with E-state index in [1.54, 1.807) is 32.4 Å². The molecule has 1 amide bonds. The Balaban J connectivity index is 1.54. The molecule has 158 valence electrons. The van der Waals surface area contributed by atoms with Gasteiger partial charge in [-0.15, -0.1) is 0 Å². The number of rotatable bonds is 9. The fourth-order valence-corrected chi connectivity index (χ4v) is 3.85. The Morgan fingerprint density at radius 2 is 1.83 bits per heavy atom. The molecule has 0 aliphatic carbocycles. The van der Waals surface area contributed by atoms with Crippen molar-refractivity contribution in [2.24, 2.45) is 0 Å². The molecule has 3 rings (SSSR count). The third-order valence-electron chi connectivity index (χ3n) is 4.41. The highest BCUT2D eigenvalue weighted by molar-refractivity contribution is 7.84. The quantitative estimate of drug-likeness (QED) is 0.559. The van der Waals surface area contributed by atoms with E-state index in [-0.39, 0.29) is 23.2 Å². The maximum Gasteiger partial charge on any atom is 0.287 e. The summed E-state index contributed by atoms with van der Waals surface area (Å²) in [4.78, 5) is 12.8. The summed E-state index contributed by atoms with van der Waals surface area (Å²) in [5, 5.41) is 2.79. The molecular weight excluding hydrogens is 409 g/mol. The zero-order chi connectivity index (χ0) is 21.5. The number of amides is 1. The van der Waals surface area contributed by atoms with Crippen LogP contribution in [0.3, 0.4) is 0 Å². The summed E-state index contributed by atoms with van der Waals surface area (Å²) >= 11 is 0. The maximum atomic E-state index is 13.0. The number of hydrogen-bond acceptors (Lipinski definition) is 5. The second-order valence-electron chi connectivity index (χ2n) is 6.39. The molecule has 8 heteroatoms. The van der Waals surface area contributed by atoms with E-state index in [1.807, 2.05) is 12.1 Å². The van der Waals surface area contributed by atoms with Gasteiger partial charge in [-0.3, -0.25) is 9.00 Å². The highest BCUT2D eigenvalue weighted by atomic mass is 32.2. The second-order valence-corrected chi connectivity index (χ2v) is 7.84. The predicted molar refractivity (Wildman–Crippen MR) is 111 cm³/mol. The highest BCUT2D eigenvalue weighted by Gasteiger charge is 2.14. The van der Waals surface area contributed by atoms with Crippen LogP contribution in [-0.2, 0) is 23.0 Å². The van der Waals surface area contributed by atoms with E-state index >= 15 is 0 Å². The van der Waals surface area contributed by atoms with E-state index in [0.29, 0.717) is 35.1 Å². The van der Waals surface area contributed by atoms with E-state index in [9.17, 15) is 13.4 Å². The molecule has 0 aliphatic rings. The van der Waals surface area contributed by atoms with Crippen molar-refractivity contribution in [2.75, 3.05) is 20.8 Å². The third kappa shape index (κ3) is 5.48. The van der Waals surface area contributed by atoms with Crippen LogP contribution < -0.4 is 14.8 Å². The minimum atomic E-state index is -1.40. The number of hydrogen-bond donors (Lipinski definition) is 1. The van der Waals surface area contributed by atoms with Crippen LogP contribution in [0.2, 0.25) is 0 Å². The van der Waals surface area contributed by atoms with Crippen molar-refractivity contribution in [3.63, 3.8) is 0 Å². The molecule has 1 N–H and O–H groups in total. The summed E-state index contributed by atoms with van der Waals surface area (Å²) in [5.74, 6) is 1.29. The van der Waals surface area contributed by atoms with Gasteiger partial charge in [0.2, 0.25) is 0 Å². The van der Waals surface area contributed by atoms with E-state index in [4.69, 9.17) is 13.9 Å². The van der Waals surface area contributed by atoms with Gasteiger partial charge in [0.15, 0.2) is 5.76 Å². The SMILES string of the molecule is COc1ccc(CCNC(=O)c2ccc(C[S@](=O)c3ccc(F)cc3)o2)c(OC)c1. The fraction of sp³-hybridized carbons (Fsp3) is 0.227. The largest absolute Gasteiger partial charge is 0.497 e. The van der Waals surface area contributed by atoms with Crippen LogP contribution in [0, 0.1) is 5.82 Å². The van der Waals surface area contributed by atoms with Crippen molar-refractivity contribution in [1.82, 2.24) is 5.32 Å². The first-order chi connectivity index (χ1) is 14.5. The molecule has 6 nitrogen and oxygen atoms in total. The first-order valence-electron chi connectivity index (χ1n) is 9.22. The lowest BCUT2D eigenvalue weighted by Gasteiger charge is -2.10. The molecule has 1 heterocycles. The van der Waals surface area contributed by atoms with Gasteiger partial charge in [0, 0.05) is 17.5 Å². The van der Waals surface area contributed by atoms with Gasteiger partial charge in [-0.25, -0.2) is 4.39 Å². The van der Waals surface area contributed by atoms with Crippen molar-refractivity contribution in [1.29, 1.82) is 0 Å². The average molecular weight is 431 g/mol. The number of nitrogens with one attached hydrogen (secondary N) is 1. The molecule has 0 saturated carbocycles. The Hall–Kier alpha value is -3.13. The van der Waals surface area contributed by atoms with E-state index in [1.165, 1.54) is 24.3 Å².